The number of benzene rings is 3. The Morgan fingerprint density at radius 2 is 1.60 bits per heavy atom. The second kappa shape index (κ2) is 10.1. The van der Waals surface area contributed by atoms with Gasteiger partial charge in [-0.3, -0.25) is 9.88 Å². The van der Waals surface area contributed by atoms with Crippen LogP contribution in [0.2, 0.25) is 0 Å². The van der Waals surface area contributed by atoms with Crippen LogP contribution in [0.25, 0.3) is 11.1 Å². The zero-order chi connectivity index (χ0) is 24.3. The molecular weight excluding hydrogens is 467 g/mol. The largest absolute Gasteiger partial charge is 0.454 e. The lowest BCUT2D eigenvalue weighted by molar-refractivity contribution is 0.174. The number of nitrogens with one attached hydrogen (secondary N) is 1. The third-order valence-electron chi connectivity index (χ3n) is 6.04. The Morgan fingerprint density at radius 3 is 2.31 bits per heavy atom. The van der Waals surface area contributed by atoms with E-state index in [4.69, 9.17) is 9.47 Å². The van der Waals surface area contributed by atoms with Crippen molar-refractivity contribution in [2.24, 2.45) is 15.4 Å². The molecule has 0 amide bonds. The normalized spacial score (nSPS) is 16.2. The number of hydrogen-bond acceptors (Lipinski definition) is 7. The summed E-state index contributed by atoms with van der Waals surface area (Å²) in [5.74, 6) is 0.0642. The van der Waals surface area contributed by atoms with E-state index in [9.17, 15) is 14.4 Å². The summed E-state index contributed by atoms with van der Waals surface area (Å²) in [5.41, 5.74) is 4.59. The predicted octanol–water partition coefficient (Wildman–Crippen LogP) is 4.15. The molecule has 10 heteroatoms. The smallest absolute Gasteiger partial charge is 0.342 e. The summed E-state index contributed by atoms with van der Waals surface area (Å²) < 4.78 is 23.2. The number of nitrogens with zero attached hydrogens (tertiary/aromatic N) is 3. The fourth-order valence-corrected chi connectivity index (χ4v) is 5.00. The Bertz CT molecular complexity index is 1290. The highest BCUT2D eigenvalue weighted by atomic mass is 31.2. The molecule has 2 aliphatic heterocycles. The van der Waals surface area contributed by atoms with Crippen molar-refractivity contribution in [1.29, 1.82) is 0 Å². The highest BCUT2D eigenvalue weighted by molar-refractivity contribution is 7.52. The molecule has 5 rings (SSSR count). The summed E-state index contributed by atoms with van der Waals surface area (Å²) in [7, 11) is -4.51. The summed E-state index contributed by atoms with van der Waals surface area (Å²) in [5, 5.41) is 14.9. The van der Waals surface area contributed by atoms with Crippen LogP contribution in [0.1, 0.15) is 11.1 Å². The van der Waals surface area contributed by atoms with Crippen LogP contribution >= 0.6 is 7.60 Å². The third-order valence-corrected chi connectivity index (χ3v) is 7.18. The van der Waals surface area contributed by atoms with Gasteiger partial charge in [-0.25, -0.2) is 0 Å². The summed E-state index contributed by atoms with van der Waals surface area (Å²) in [4.78, 5) is 20.3. The molecule has 0 aliphatic carbocycles. The van der Waals surface area contributed by atoms with Crippen molar-refractivity contribution in [3.05, 3.63) is 83.9 Å². The molecule has 0 saturated heterocycles. The van der Waals surface area contributed by atoms with Gasteiger partial charge >= 0.3 is 7.60 Å². The Hall–Kier alpha value is -3.36. The Balaban J connectivity index is 1.35. The van der Waals surface area contributed by atoms with Crippen LogP contribution in [-0.4, -0.2) is 40.7 Å². The van der Waals surface area contributed by atoms with Crippen molar-refractivity contribution in [1.82, 2.24) is 5.32 Å². The van der Waals surface area contributed by atoms with Gasteiger partial charge in [-0.05, 0) is 52.5 Å². The first-order chi connectivity index (χ1) is 17.0. The summed E-state index contributed by atoms with van der Waals surface area (Å²) in [6, 6.07) is 23.0. The summed E-state index contributed by atoms with van der Waals surface area (Å²) in [6.07, 6.45) is 0.586. The fraction of sp³-hybridized carbons (Fsp3) is 0.240. The standard InChI is InChI=1S/C25H25N4O5P/c30-35(31,32)25(14-18-8-11-23-24(13-18)34-16-33-23)27-21(22-15-26-29-28-22)12-17-6-9-20(10-7-17)19-4-2-1-3-5-19/h1-11,13,21,25,27H,12,14-16H2,(H2,30,31,32)/t21-,25?/m0/s1. The van der Waals surface area contributed by atoms with E-state index >= 15 is 0 Å². The van der Waals surface area contributed by atoms with E-state index in [0.29, 0.717) is 23.6 Å². The van der Waals surface area contributed by atoms with Gasteiger partial charge in [0.1, 0.15) is 12.3 Å². The first kappa shape index (κ1) is 23.4. The average Bonchev–Trinajstić information content (AvgIpc) is 3.56. The van der Waals surface area contributed by atoms with Crippen molar-refractivity contribution in [3.63, 3.8) is 0 Å². The summed E-state index contributed by atoms with van der Waals surface area (Å²) in [6.45, 7) is 0.425. The number of fused-ring (bicyclic) bond motifs is 1. The molecule has 3 N–H and O–H groups in total. The number of rotatable bonds is 9. The van der Waals surface area contributed by atoms with E-state index in [0.717, 1.165) is 22.3 Å². The number of ether oxygens (including phenoxy) is 2. The minimum atomic E-state index is -4.51. The minimum Gasteiger partial charge on any atom is -0.454 e. The van der Waals surface area contributed by atoms with Gasteiger partial charge in [0.25, 0.3) is 0 Å². The second-order valence-corrected chi connectivity index (χ2v) is 10.3. The van der Waals surface area contributed by atoms with Gasteiger partial charge in [0.05, 0.1) is 11.8 Å². The van der Waals surface area contributed by atoms with Crippen molar-refractivity contribution < 1.29 is 23.8 Å². The van der Waals surface area contributed by atoms with Crippen LogP contribution in [0.5, 0.6) is 11.5 Å². The van der Waals surface area contributed by atoms with Gasteiger partial charge < -0.3 is 19.3 Å². The predicted molar refractivity (Wildman–Crippen MR) is 132 cm³/mol. The van der Waals surface area contributed by atoms with E-state index in [1.54, 1.807) is 18.2 Å². The van der Waals surface area contributed by atoms with Gasteiger partial charge in [-0.15, -0.1) is 5.10 Å². The average molecular weight is 492 g/mol. The minimum absolute atomic E-state index is 0.103. The molecule has 9 nitrogen and oxygen atoms in total. The lowest BCUT2D eigenvalue weighted by atomic mass is 9.98. The lowest BCUT2D eigenvalue weighted by Gasteiger charge is -2.26. The highest BCUT2D eigenvalue weighted by Crippen LogP contribution is 2.43. The van der Waals surface area contributed by atoms with Gasteiger partial charge in [-0.2, -0.15) is 5.11 Å². The second-order valence-electron chi connectivity index (χ2n) is 8.46. The SMILES string of the molecule is O=P(O)(O)C(Cc1ccc2c(c1)OCO2)N[C@@H](Cc1ccc(-c2ccccc2)cc1)C1=NN=NC1. The monoisotopic (exact) mass is 492 g/mol. The molecule has 0 radical (unpaired) electrons. The fourth-order valence-electron chi connectivity index (χ4n) is 4.18. The zero-order valence-electron chi connectivity index (χ0n) is 18.8. The van der Waals surface area contributed by atoms with Crippen molar-refractivity contribution >= 4 is 13.3 Å². The van der Waals surface area contributed by atoms with Gasteiger partial charge in [-0.1, -0.05) is 60.7 Å². The van der Waals surface area contributed by atoms with Crippen LogP contribution in [0.15, 0.2) is 88.2 Å². The molecule has 2 heterocycles. The number of hydrogen-bond donors (Lipinski definition) is 3. The quantitative estimate of drug-likeness (QED) is 0.386. The van der Waals surface area contributed by atoms with Gasteiger partial charge in [0.2, 0.25) is 6.79 Å². The molecule has 35 heavy (non-hydrogen) atoms. The Labute approximate surface area is 202 Å². The third kappa shape index (κ3) is 5.66. The Kier molecular flexibility index (Phi) is 6.74. The maximum atomic E-state index is 12.5. The van der Waals surface area contributed by atoms with Crippen molar-refractivity contribution in [2.75, 3.05) is 13.3 Å². The molecule has 3 aromatic carbocycles. The van der Waals surface area contributed by atoms with Crippen molar-refractivity contribution in [2.45, 2.75) is 24.7 Å². The van der Waals surface area contributed by atoms with Crippen LogP contribution in [-0.2, 0) is 17.4 Å². The maximum Gasteiger partial charge on any atom is 0.342 e. The first-order valence-electron chi connectivity index (χ1n) is 11.2. The molecule has 180 valence electrons. The van der Waals surface area contributed by atoms with E-state index < -0.39 is 19.4 Å². The summed E-state index contributed by atoms with van der Waals surface area (Å²) >= 11 is 0. The molecular formula is C25H25N4O5P. The van der Waals surface area contributed by atoms with E-state index in [1.807, 2.05) is 42.5 Å². The molecule has 0 bridgehead atoms. The molecule has 0 saturated carbocycles. The van der Waals surface area contributed by atoms with E-state index in [1.165, 1.54) is 0 Å². The van der Waals surface area contributed by atoms with E-state index in [-0.39, 0.29) is 19.8 Å². The molecule has 0 fully saturated rings. The molecule has 0 spiro atoms. The topological polar surface area (TPSA) is 125 Å². The lowest BCUT2D eigenvalue weighted by Crippen LogP contribution is -2.46. The molecule has 2 atom stereocenters. The van der Waals surface area contributed by atoms with Crippen LogP contribution in [0.3, 0.4) is 0 Å². The molecule has 3 aromatic rings. The van der Waals surface area contributed by atoms with Crippen LogP contribution in [0.4, 0.5) is 0 Å². The van der Waals surface area contributed by atoms with Gasteiger partial charge in [0, 0.05) is 0 Å². The van der Waals surface area contributed by atoms with Gasteiger partial charge in [0.15, 0.2) is 11.5 Å². The van der Waals surface area contributed by atoms with Crippen LogP contribution in [0, 0.1) is 0 Å². The van der Waals surface area contributed by atoms with Crippen molar-refractivity contribution in [3.8, 4) is 22.6 Å². The highest BCUT2D eigenvalue weighted by Gasteiger charge is 2.33. The Morgan fingerprint density at radius 1 is 0.886 bits per heavy atom. The molecule has 1 unspecified atom stereocenters. The molecule has 0 aromatic heterocycles. The molecule has 2 aliphatic rings. The van der Waals surface area contributed by atoms with Crippen LogP contribution < -0.4 is 14.8 Å². The van der Waals surface area contributed by atoms with E-state index in [2.05, 4.69) is 32.9 Å². The first-order valence-corrected chi connectivity index (χ1v) is 12.9. The maximum absolute atomic E-state index is 12.5. The zero-order valence-corrected chi connectivity index (χ0v) is 19.7.